The summed E-state index contributed by atoms with van der Waals surface area (Å²) in [7, 11) is 0. The highest BCUT2D eigenvalue weighted by Crippen LogP contribution is 2.64. The molecule has 1 spiro atoms. The third-order valence-electron chi connectivity index (χ3n) is 13.8. The number of rotatable bonds is 8. The van der Waals surface area contributed by atoms with Gasteiger partial charge in [0.2, 0.25) is 0 Å². The van der Waals surface area contributed by atoms with Crippen LogP contribution in [0.15, 0.2) is 230 Å². The summed E-state index contributed by atoms with van der Waals surface area (Å²) in [4.78, 5) is 2.51. The number of hydrogen-bond acceptors (Lipinski definition) is 2. The maximum absolute atomic E-state index is 10.4. The van der Waals surface area contributed by atoms with Crippen LogP contribution in [-0.2, 0) is 5.41 Å². The molecule has 370 valence electrons. The zero-order valence-corrected chi connectivity index (χ0v) is 44.8. The van der Waals surface area contributed by atoms with Gasteiger partial charge in [-0.2, -0.15) is 0 Å². The van der Waals surface area contributed by atoms with Crippen LogP contribution in [0.5, 0.6) is 5.75 Å². The van der Waals surface area contributed by atoms with Gasteiger partial charge >= 0.3 is 0 Å². The molecule has 4 aliphatic carbocycles. The van der Waals surface area contributed by atoms with E-state index in [9.17, 15) is 5.11 Å². The topological polar surface area (TPSA) is 23.5 Å². The predicted molar refractivity (Wildman–Crippen MR) is 319 cm³/mol. The first-order chi connectivity index (χ1) is 35.8. The van der Waals surface area contributed by atoms with Crippen LogP contribution < -0.4 is 4.90 Å². The Hall–Kier alpha value is -7.68. The van der Waals surface area contributed by atoms with Crippen LogP contribution in [0, 0.1) is 13.8 Å². The van der Waals surface area contributed by atoms with Crippen molar-refractivity contribution in [3.8, 4) is 39.1 Å². The van der Waals surface area contributed by atoms with Gasteiger partial charge in [-0.1, -0.05) is 218 Å². The number of nitrogens with zero attached hydrogens (tertiary/aromatic N) is 1. The van der Waals surface area contributed by atoms with Gasteiger partial charge in [0.15, 0.2) is 0 Å². The zero-order chi connectivity index (χ0) is 51.9. The van der Waals surface area contributed by atoms with Gasteiger partial charge in [0.25, 0.3) is 0 Å². The van der Waals surface area contributed by atoms with E-state index < -0.39 is 0 Å². The molecule has 0 saturated carbocycles. The lowest BCUT2D eigenvalue weighted by molar-refractivity contribution is 0.475. The quantitative estimate of drug-likeness (QED) is 0.153. The molecule has 0 aliphatic heterocycles. The average molecular weight is 958 g/mol. The van der Waals surface area contributed by atoms with E-state index in [1.165, 1.54) is 95.7 Å². The monoisotopic (exact) mass is 958 g/mol. The number of phenolic OH excluding ortho intramolecular Hbond substituents is 1. The molecule has 2 heteroatoms. The summed E-state index contributed by atoms with van der Waals surface area (Å²) in [6, 6.07) is 57.8. The Morgan fingerprint density at radius 1 is 0.548 bits per heavy atom. The van der Waals surface area contributed by atoms with Crippen LogP contribution in [0.3, 0.4) is 0 Å². The van der Waals surface area contributed by atoms with E-state index in [1.54, 1.807) is 12.1 Å². The minimum absolute atomic E-state index is 0.294. The second-order valence-electron chi connectivity index (χ2n) is 18.4. The highest BCUT2D eigenvalue weighted by atomic mass is 16.3. The van der Waals surface area contributed by atoms with E-state index in [0.717, 1.165) is 42.5 Å². The second-order valence-corrected chi connectivity index (χ2v) is 18.4. The van der Waals surface area contributed by atoms with Crippen molar-refractivity contribution < 1.29 is 5.11 Å². The molecule has 2 nitrogen and oxygen atoms in total. The van der Waals surface area contributed by atoms with Crippen molar-refractivity contribution in [2.45, 2.75) is 99.8 Å². The summed E-state index contributed by atoms with van der Waals surface area (Å²) >= 11 is 0. The molecule has 0 amide bonds. The first-order valence-electron chi connectivity index (χ1n) is 26.7. The van der Waals surface area contributed by atoms with Crippen molar-refractivity contribution in [3.63, 3.8) is 0 Å². The molecular formula is C71H75NO. The van der Waals surface area contributed by atoms with E-state index in [0.29, 0.717) is 5.75 Å². The van der Waals surface area contributed by atoms with Crippen molar-refractivity contribution in [1.29, 1.82) is 0 Å². The van der Waals surface area contributed by atoms with E-state index >= 15 is 0 Å². The summed E-state index contributed by atoms with van der Waals surface area (Å²) in [5.41, 5.74) is 24.0. The number of anilines is 2. The average Bonchev–Trinajstić information content (AvgIpc) is 3.94. The maximum atomic E-state index is 10.4. The number of hydrogen-bond donors (Lipinski definition) is 1. The molecule has 73 heavy (non-hydrogen) atoms. The lowest BCUT2D eigenvalue weighted by Gasteiger charge is -2.35. The molecule has 0 bridgehead atoms. The lowest BCUT2D eigenvalue weighted by Crippen LogP contribution is -2.28. The molecule has 0 fully saturated rings. The van der Waals surface area contributed by atoms with Gasteiger partial charge in [0, 0.05) is 17.1 Å². The molecule has 11 rings (SSSR count). The van der Waals surface area contributed by atoms with Gasteiger partial charge < -0.3 is 10.0 Å². The summed E-state index contributed by atoms with van der Waals surface area (Å²) in [6.07, 6.45) is 24.1. The van der Waals surface area contributed by atoms with Gasteiger partial charge in [0.05, 0.1) is 5.41 Å². The summed E-state index contributed by atoms with van der Waals surface area (Å²) < 4.78 is 0. The van der Waals surface area contributed by atoms with E-state index in [4.69, 9.17) is 0 Å². The van der Waals surface area contributed by atoms with Crippen LogP contribution in [0.4, 0.5) is 11.4 Å². The molecule has 1 N–H and O–H groups in total. The minimum Gasteiger partial charge on any atom is -0.508 e. The smallest absolute Gasteiger partial charge is 0.116 e. The number of benzene rings is 7. The Kier molecular flexibility index (Phi) is 18.3. The standard InChI is InChI=1S/C57H45NO.C7H10.C3H8.2C2H6/c1-37-20-22-42(34-51(37)52-36-46(59)32-21-38(52)2)41-25-29-44(30-26-41)58(43-27-23-40(24-28-43)39-12-4-3-5-13-39)45-31-33-50-49-16-8-11-19-55(49)57(56(50)35-45)53-17-9-6-14-47(53)48-15-7-10-18-54(48)57;1-3-5-7-6-4-2;1-3-2;2*1-2/h3-9,11-17,19-25,27-29,31-36,59H,10,18,26,30H2,1-2H3;3-7H,1H2,2H3;3H2,1-2H3;2*1-2H3/b;6-4-,7-5-;;;. The van der Waals surface area contributed by atoms with Crippen LogP contribution in [0.25, 0.3) is 44.5 Å². The van der Waals surface area contributed by atoms with Crippen LogP contribution in [0.2, 0.25) is 0 Å². The fraction of sp³-hybridized carbons (Fsp3) is 0.211. The maximum Gasteiger partial charge on any atom is 0.116 e. The van der Waals surface area contributed by atoms with Gasteiger partial charge in [-0.15, -0.1) is 0 Å². The Bertz CT molecular complexity index is 3210. The van der Waals surface area contributed by atoms with E-state index in [1.807, 2.05) is 71.1 Å². The van der Waals surface area contributed by atoms with Crippen molar-refractivity contribution in [2.75, 3.05) is 4.90 Å². The first kappa shape index (κ1) is 53.1. The molecule has 1 unspecified atom stereocenters. The minimum atomic E-state index is -0.327. The fourth-order valence-electron chi connectivity index (χ4n) is 10.8. The molecular weight excluding hydrogens is 883 g/mol. The molecule has 0 radical (unpaired) electrons. The van der Waals surface area contributed by atoms with Crippen molar-refractivity contribution in [3.05, 3.63) is 269 Å². The Balaban J connectivity index is 0.000000501. The number of phenols is 1. The summed E-state index contributed by atoms with van der Waals surface area (Å²) in [6.45, 7) is 22.0. The summed E-state index contributed by atoms with van der Waals surface area (Å²) in [5, 5.41) is 10.4. The lowest BCUT2D eigenvalue weighted by atomic mass is 9.68. The van der Waals surface area contributed by atoms with Crippen LogP contribution >= 0.6 is 0 Å². The van der Waals surface area contributed by atoms with Gasteiger partial charge in [-0.05, 0) is 184 Å². The largest absolute Gasteiger partial charge is 0.508 e. The first-order valence-corrected chi connectivity index (χ1v) is 26.7. The summed E-state index contributed by atoms with van der Waals surface area (Å²) in [5.74, 6) is 0.294. The highest BCUT2D eigenvalue weighted by molar-refractivity contribution is 5.98. The molecule has 0 saturated heterocycles. The Morgan fingerprint density at radius 3 is 1.81 bits per heavy atom. The SMILES string of the molecule is C=C/C=C\C=C/C.CC.CC.CCC.Cc1ccc(O)cc1-c1cc(C2=CC=C(N(c3ccc(-c4ccccc4)cc3)c3ccc4c(c3)C3(C5=C(C=CCC5)c5ccccc53)c3ccccc3-4)CC2)ccc1C. The van der Waals surface area contributed by atoms with E-state index in [-0.39, 0.29) is 5.41 Å². The molecule has 1 atom stereocenters. The molecule has 4 aliphatic rings. The predicted octanol–water partition coefficient (Wildman–Crippen LogP) is 20.4. The molecule has 7 aromatic carbocycles. The van der Waals surface area contributed by atoms with Crippen molar-refractivity contribution in [1.82, 2.24) is 0 Å². The Labute approximate surface area is 438 Å². The Morgan fingerprint density at radius 2 is 1.14 bits per heavy atom. The number of allylic oxidation sites excluding steroid dienone is 13. The molecule has 7 aromatic rings. The van der Waals surface area contributed by atoms with Gasteiger partial charge in [-0.3, -0.25) is 0 Å². The number of aromatic hydroxyl groups is 1. The fourth-order valence-corrected chi connectivity index (χ4v) is 10.8. The number of fused-ring (bicyclic) bond motifs is 9. The third-order valence-corrected chi connectivity index (χ3v) is 13.8. The molecule has 0 aromatic heterocycles. The zero-order valence-electron chi connectivity index (χ0n) is 44.8. The third kappa shape index (κ3) is 10.8. The normalized spacial score (nSPS) is 15.4. The van der Waals surface area contributed by atoms with Gasteiger partial charge in [0.1, 0.15) is 5.75 Å². The van der Waals surface area contributed by atoms with Crippen LogP contribution in [-0.4, -0.2) is 5.11 Å². The van der Waals surface area contributed by atoms with Crippen LogP contribution in [0.1, 0.15) is 120 Å². The highest BCUT2D eigenvalue weighted by Gasteiger charge is 2.52. The van der Waals surface area contributed by atoms with Crippen molar-refractivity contribution in [2.24, 2.45) is 0 Å². The van der Waals surface area contributed by atoms with Gasteiger partial charge in [-0.25, -0.2) is 0 Å². The molecule has 0 heterocycles. The van der Waals surface area contributed by atoms with E-state index in [2.05, 4.69) is 203 Å². The van der Waals surface area contributed by atoms with Crippen molar-refractivity contribution >= 4 is 22.5 Å². The second kappa shape index (κ2) is 25.1. The number of aryl methyl sites for hydroxylation is 2.